The average molecular weight is 203 g/mol. The molecule has 0 bridgehead atoms. The fourth-order valence-corrected chi connectivity index (χ4v) is 1.40. The third kappa shape index (κ3) is 1.91. The molecule has 0 amide bonds. The molecular weight excluding hydrogens is 195 g/mol. The molecule has 0 heterocycles. The normalized spacial score (nSPS) is 10.2. The number of hydrogen-bond donors (Lipinski definition) is 2. The van der Waals surface area contributed by atoms with Crippen molar-refractivity contribution in [3.05, 3.63) is 48.3 Å². The fraction of sp³-hybridized carbons (Fsp3) is 0. The topological polar surface area (TPSA) is 40.5 Å². The van der Waals surface area contributed by atoms with Gasteiger partial charge in [0.05, 0.1) is 0 Å². The summed E-state index contributed by atoms with van der Waals surface area (Å²) in [4.78, 5) is 0. The Morgan fingerprint density at radius 3 is 2.60 bits per heavy atom. The van der Waals surface area contributed by atoms with Gasteiger partial charge in [-0.2, -0.15) is 0 Å². The Morgan fingerprint density at radius 2 is 1.93 bits per heavy atom. The van der Waals surface area contributed by atoms with E-state index in [9.17, 15) is 14.6 Å². The molecule has 1 radical (unpaired) electrons. The summed E-state index contributed by atoms with van der Waals surface area (Å²) in [7, 11) is 0. The minimum atomic E-state index is -0.544. The molecule has 2 aromatic rings. The van der Waals surface area contributed by atoms with E-state index >= 15 is 0 Å². The maximum Gasteiger partial charge on any atom is 0.127 e. The summed E-state index contributed by atoms with van der Waals surface area (Å²) in [5.74, 6) is -0.711. The molecule has 2 rings (SSSR count). The predicted octanol–water partition coefficient (Wildman–Crippen LogP) is 2.70. The van der Waals surface area contributed by atoms with Crippen LogP contribution >= 0.6 is 0 Å². The van der Waals surface area contributed by atoms with Gasteiger partial charge in [-0.1, -0.05) is 12.1 Å². The first-order valence-electron chi connectivity index (χ1n) is 4.36. The van der Waals surface area contributed by atoms with Crippen molar-refractivity contribution < 1.29 is 14.6 Å². The SMILES string of the molecule is Oc1cc(F)cc(-c2cc[c]cc2O)c1. The molecule has 0 atom stereocenters. The molecule has 0 saturated heterocycles. The van der Waals surface area contributed by atoms with Crippen molar-refractivity contribution in [2.45, 2.75) is 0 Å². The summed E-state index contributed by atoms with van der Waals surface area (Å²) < 4.78 is 13.0. The van der Waals surface area contributed by atoms with Gasteiger partial charge in [0, 0.05) is 11.6 Å². The van der Waals surface area contributed by atoms with Crippen LogP contribution in [-0.4, -0.2) is 10.2 Å². The summed E-state index contributed by atoms with van der Waals surface area (Å²) in [6.45, 7) is 0. The molecule has 2 aromatic carbocycles. The first kappa shape index (κ1) is 9.52. The van der Waals surface area contributed by atoms with Crippen LogP contribution in [0.1, 0.15) is 0 Å². The summed E-state index contributed by atoms with van der Waals surface area (Å²) in [5.41, 5.74) is 0.891. The molecule has 0 aliphatic heterocycles. The Labute approximate surface area is 86.2 Å². The number of rotatable bonds is 1. The lowest BCUT2D eigenvalue weighted by Gasteiger charge is -2.04. The molecule has 0 fully saturated rings. The lowest BCUT2D eigenvalue weighted by atomic mass is 10.0. The third-order valence-corrected chi connectivity index (χ3v) is 2.04. The number of aromatic hydroxyl groups is 2. The van der Waals surface area contributed by atoms with Gasteiger partial charge in [0.1, 0.15) is 17.3 Å². The van der Waals surface area contributed by atoms with Crippen LogP contribution in [0.3, 0.4) is 0 Å². The number of halogens is 1. The monoisotopic (exact) mass is 203 g/mol. The van der Waals surface area contributed by atoms with Crippen molar-refractivity contribution in [1.29, 1.82) is 0 Å². The Bertz CT molecular complexity index is 474. The lowest BCUT2D eigenvalue weighted by Crippen LogP contribution is -1.81. The molecule has 75 valence electrons. The molecule has 0 unspecified atom stereocenters. The minimum absolute atomic E-state index is 0.00231. The van der Waals surface area contributed by atoms with Crippen molar-refractivity contribution in [2.24, 2.45) is 0 Å². The second-order valence-electron chi connectivity index (χ2n) is 3.14. The maximum atomic E-state index is 13.0. The summed E-state index contributed by atoms with van der Waals surface area (Å²) in [5, 5.41) is 18.7. The second-order valence-corrected chi connectivity index (χ2v) is 3.14. The number of hydrogen-bond acceptors (Lipinski definition) is 2. The molecular formula is C12H8FO2. The van der Waals surface area contributed by atoms with Crippen LogP contribution in [0.15, 0.2) is 36.4 Å². The van der Waals surface area contributed by atoms with E-state index in [4.69, 9.17) is 0 Å². The molecule has 0 saturated carbocycles. The van der Waals surface area contributed by atoms with Gasteiger partial charge in [0.15, 0.2) is 0 Å². The van der Waals surface area contributed by atoms with Gasteiger partial charge in [-0.05, 0) is 29.8 Å². The third-order valence-electron chi connectivity index (χ3n) is 2.04. The smallest absolute Gasteiger partial charge is 0.127 e. The molecule has 0 aliphatic carbocycles. The first-order chi connectivity index (χ1) is 7.16. The van der Waals surface area contributed by atoms with Crippen LogP contribution in [0, 0.1) is 11.9 Å². The second kappa shape index (κ2) is 3.61. The van der Waals surface area contributed by atoms with Gasteiger partial charge in [-0.15, -0.1) is 0 Å². The zero-order valence-electron chi connectivity index (χ0n) is 7.74. The molecule has 2 N–H and O–H groups in total. The van der Waals surface area contributed by atoms with Gasteiger partial charge in [0.25, 0.3) is 0 Å². The Kier molecular flexibility index (Phi) is 2.29. The largest absolute Gasteiger partial charge is 0.508 e. The summed E-state index contributed by atoms with van der Waals surface area (Å²) in [6.07, 6.45) is 0. The minimum Gasteiger partial charge on any atom is -0.508 e. The van der Waals surface area contributed by atoms with E-state index in [2.05, 4.69) is 6.07 Å². The highest BCUT2D eigenvalue weighted by molar-refractivity contribution is 5.70. The lowest BCUT2D eigenvalue weighted by molar-refractivity contribution is 0.469. The standard InChI is InChI=1S/C12H8FO2/c13-9-5-8(6-10(14)7-9)11-3-1-2-4-12(11)15/h1,3-7,14-15H. The van der Waals surface area contributed by atoms with Crippen molar-refractivity contribution in [3.8, 4) is 22.6 Å². The van der Waals surface area contributed by atoms with E-state index in [1.54, 1.807) is 12.1 Å². The predicted molar refractivity (Wildman–Crippen MR) is 54.0 cm³/mol. The zero-order valence-corrected chi connectivity index (χ0v) is 7.74. The molecule has 15 heavy (non-hydrogen) atoms. The summed E-state index contributed by atoms with van der Waals surface area (Å²) in [6, 6.07) is 10.9. The van der Waals surface area contributed by atoms with Crippen molar-refractivity contribution >= 4 is 0 Å². The van der Waals surface area contributed by atoms with Crippen LogP contribution < -0.4 is 0 Å². The molecule has 0 aliphatic rings. The average Bonchev–Trinajstić information content (AvgIpc) is 2.16. The number of benzene rings is 2. The van der Waals surface area contributed by atoms with Crippen LogP contribution in [0.2, 0.25) is 0 Å². The maximum absolute atomic E-state index is 13.0. The molecule has 3 heteroatoms. The van der Waals surface area contributed by atoms with E-state index in [0.717, 1.165) is 6.07 Å². The molecule has 2 nitrogen and oxygen atoms in total. The van der Waals surface area contributed by atoms with E-state index < -0.39 is 5.82 Å². The van der Waals surface area contributed by atoms with E-state index in [1.807, 2.05) is 0 Å². The first-order valence-corrected chi connectivity index (χ1v) is 4.36. The van der Waals surface area contributed by atoms with Gasteiger partial charge in [0.2, 0.25) is 0 Å². The highest BCUT2D eigenvalue weighted by Gasteiger charge is 2.06. The van der Waals surface area contributed by atoms with Crippen LogP contribution in [0.25, 0.3) is 11.1 Å². The zero-order chi connectivity index (χ0) is 10.8. The van der Waals surface area contributed by atoms with Gasteiger partial charge >= 0.3 is 0 Å². The Balaban J connectivity index is 2.59. The Hall–Kier alpha value is -2.03. The molecule has 0 aromatic heterocycles. The van der Waals surface area contributed by atoms with E-state index in [-0.39, 0.29) is 11.5 Å². The highest BCUT2D eigenvalue weighted by atomic mass is 19.1. The highest BCUT2D eigenvalue weighted by Crippen LogP contribution is 2.31. The number of phenolic OH excluding ortho intramolecular Hbond substituents is 2. The summed E-state index contributed by atoms with van der Waals surface area (Å²) >= 11 is 0. The van der Waals surface area contributed by atoms with Crippen LogP contribution in [0.5, 0.6) is 11.5 Å². The van der Waals surface area contributed by atoms with E-state index in [0.29, 0.717) is 11.1 Å². The van der Waals surface area contributed by atoms with Crippen molar-refractivity contribution in [3.63, 3.8) is 0 Å². The number of phenols is 2. The Morgan fingerprint density at radius 1 is 1.13 bits per heavy atom. The molecule has 0 spiro atoms. The van der Waals surface area contributed by atoms with Crippen molar-refractivity contribution in [2.75, 3.05) is 0 Å². The van der Waals surface area contributed by atoms with Gasteiger partial charge in [-0.25, -0.2) is 4.39 Å². The van der Waals surface area contributed by atoms with Crippen LogP contribution in [0.4, 0.5) is 4.39 Å². The van der Waals surface area contributed by atoms with Crippen molar-refractivity contribution in [1.82, 2.24) is 0 Å². The van der Waals surface area contributed by atoms with Gasteiger partial charge in [-0.3, -0.25) is 0 Å². The van der Waals surface area contributed by atoms with Crippen LogP contribution in [-0.2, 0) is 0 Å². The van der Waals surface area contributed by atoms with Gasteiger partial charge < -0.3 is 10.2 Å². The van der Waals surface area contributed by atoms with E-state index in [1.165, 1.54) is 18.2 Å². The quantitative estimate of drug-likeness (QED) is 0.748. The fourth-order valence-electron chi connectivity index (χ4n) is 1.40.